The van der Waals surface area contributed by atoms with Gasteiger partial charge in [0.05, 0.1) is 6.42 Å². The summed E-state index contributed by atoms with van der Waals surface area (Å²) in [5.41, 5.74) is 2.75. The Morgan fingerprint density at radius 2 is 1.70 bits per heavy atom. The molecule has 0 spiro atoms. The Hall–Kier alpha value is -2.05. The quantitative estimate of drug-likeness (QED) is 0.257. The second kappa shape index (κ2) is 9.84. The van der Waals surface area contributed by atoms with Crippen molar-refractivity contribution in [1.82, 2.24) is 10.6 Å². The summed E-state index contributed by atoms with van der Waals surface area (Å²) in [6.07, 6.45) is -0.881. The number of rotatable bonds is 5. The van der Waals surface area contributed by atoms with Crippen molar-refractivity contribution in [2.75, 3.05) is 5.32 Å². The van der Waals surface area contributed by atoms with E-state index >= 15 is 0 Å². The van der Waals surface area contributed by atoms with Crippen LogP contribution in [0.5, 0.6) is 0 Å². The van der Waals surface area contributed by atoms with E-state index in [9.17, 15) is 4.79 Å². The van der Waals surface area contributed by atoms with Gasteiger partial charge in [0.15, 0.2) is 5.11 Å². The van der Waals surface area contributed by atoms with Gasteiger partial charge in [-0.1, -0.05) is 89.4 Å². The van der Waals surface area contributed by atoms with Crippen molar-refractivity contribution in [3.63, 3.8) is 0 Å². The Morgan fingerprint density at radius 1 is 1.00 bits per heavy atom. The molecule has 3 rings (SSSR count). The third-order valence-corrected chi connectivity index (χ3v) is 5.29. The van der Waals surface area contributed by atoms with E-state index in [1.165, 1.54) is 0 Å². The molecular weight excluding hydrogens is 461 g/mol. The number of fused-ring (bicyclic) bond motifs is 1. The summed E-state index contributed by atoms with van der Waals surface area (Å²) >= 11 is 23.6. The van der Waals surface area contributed by atoms with Crippen LogP contribution in [0.4, 0.5) is 5.69 Å². The first-order valence-electron chi connectivity index (χ1n) is 9.19. The van der Waals surface area contributed by atoms with Crippen molar-refractivity contribution in [3.8, 4) is 0 Å². The maximum Gasteiger partial charge on any atom is 0.228 e. The van der Waals surface area contributed by atoms with E-state index in [4.69, 9.17) is 47.0 Å². The van der Waals surface area contributed by atoms with Crippen molar-refractivity contribution in [2.24, 2.45) is 0 Å². The Kier molecular flexibility index (Phi) is 7.42. The molecule has 3 aromatic rings. The van der Waals surface area contributed by atoms with Crippen LogP contribution in [-0.2, 0) is 11.2 Å². The van der Waals surface area contributed by atoms with Crippen LogP contribution in [0.2, 0.25) is 0 Å². The minimum absolute atomic E-state index is 0.137. The zero-order valence-electron chi connectivity index (χ0n) is 16.1. The predicted octanol–water partition coefficient (Wildman–Crippen LogP) is 5.49. The number of carbonyl (C=O) groups excluding carboxylic acids is 1. The van der Waals surface area contributed by atoms with Crippen LogP contribution >= 0.6 is 47.0 Å². The highest BCUT2D eigenvalue weighted by atomic mass is 35.6. The van der Waals surface area contributed by atoms with Gasteiger partial charge in [-0.15, -0.1) is 0 Å². The van der Waals surface area contributed by atoms with Crippen molar-refractivity contribution in [1.29, 1.82) is 0 Å². The van der Waals surface area contributed by atoms with Crippen LogP contribution in [0.15, 0.2) is 66.7 Å². The molecule has 0 radical (unpaired) electrons. The van der Waals surface area contributed by atoms with Crippen molar-refractivity contribution in [2.45, 2.75) is 23.3 Å². The average Bonchev–Trinajstić information content (AvgIpc) is 2.67. The van der Waals surface area contributed by atoms with Crippen LogP contribution in [-0.4, -0.2) is 21.0 Å². The second-order valence-corrected chi connectivity index (χ2v) is 9.60. The number of hydrogen-bond acceptors (Lipinski definition) is 2. The van der Waals surface area contributed by atoms with Gasteiger partial charge in [0.1, 0.15) is 6.17 Å². The van der Waals surface area contributed by atoms with E-state index in [1.54, 1.807) is 0 Å². The van der Waals surface area contributed by atoms with E-state index in [1.807, 2.05) is 73.7 Å². The number of hydrogen-bond donors (Lipinski definition) is 3. The number of benzene rings is 3. The number of aryl methyl sites for hydroxylation is 1. The lowest BCUT2D eigenvalue weighted by Gasteiger charge is -2.28. The van der Waals surface area contributed by atoms with Gasteiger partial charge >= 0.3 is 0 Å². The second-order valence-electron chi connectivity index (χ2n) is 6.83. The maximum absolute atomic E-state index is 12.7. The normalized spacial score (nSPS) is 12.3. The molecule has 0 aliphatic heterocycles. The molecule has 1 amide bonds. The largest absolute Gasteiger partial charge is 0.339 e. The molecule has 0 aliphatic carbocycles. The van der Waals surface area contributed by atoms with Crippen molar-refractivity contribution < 1.29 is 4.79 Å². The minimum Gasteiger partial charge on any atom is -0.339 e. The summed E-state index contributed by atoms with van der Waals surface area (Å²) in [5, 5.41) is 10.9. The molecular formula is C22H20Cl3N3OS. The molecule has 0 unspecified atom stereocenters. The fraction of sp³-hybridized carbons (Fsp3) is 0.182. The number of halogens is 3. The molecule has 0 saturated heterocycles. The third-order valence-electron chi connectivity index (χ3n) is 4.41. The first-order valence-corrected chi connectivity index (χ1v) is 10.7. The van der Waals surface area contributed by atoms with E-state index in [0.717, 1.165) is 27.6 Å². The van der Waals surface area contributed by atoms with Crippen LogP contribution in [0.25, 0.3) is 10.8 Å². The standard InChI is InChI=1S/C22H20Cl3N3OS/c1-14-6-4-10-17(12-14)26-21(30)28-20(22(23,24)25)27-19(29)13-16-9-5-8-15-7-2-3-11-18(15)16/h2-12,20H,13H2,1H3,(H,27,29)(H2,26,28,30)/t20-/m0/s1. The van der Waals surface area contributed by atoms with Crippen molar-refractivity contribution in [3.05, 3.63) is 77.9 Å². The third kappa shape index (κ3) is 6.22. The topological polar surface area (TPSA) is 53.2 Å². The Morgan fingerprint density at radius 3 is 2.43 bits per heavy atom. The van der Waals surface area contributed by atoms with Gasteiger partial charge in [0, 0.05) is 5.69 Å². The van der Waals surface area contributed by atoms with Gasteiger partial charge in [0.2, 0.25) is 9.70 Å². The average molecular weight is 481 g/mol. The SMILES string of the molecule is Cc1cccc(NC(=S)N[C@H](NC(=O)Cc2cccc3ccccc23)C(Cl)(Cl)Cl)c1. The van der Waals surface area contributed by atoms with Gasteiger partial charge in [-0.2, -0.15) is 0 Å². The number of anilines is 1. The fourth-order valence-corrected chi connectivity index (χ4v) is 3.62. The van der Waals surface area contributed by atoms with Crippen LogP contribution in [0, 0.1) is 6.92 Å². The summed E-state index contributed by atoms with van der Waals surface area (Å²) in [6, 6.07) is 21.3. The fourth-order valence-electron chi connectivity index (χ4n) is 3.05. The molecule has 156 valence electrons. The zero-order chi connectivity index (χ0) is 21.7. The number of nitrogens with one attached hydrogen (secondary N) is 3. The highest BCUT2D eigenvalue weighted by molar-refractivity contribution is 7.80. The first-order chi connectivity index (χ1) is 14.2. The monoisotopic (exact) mass is 479 g/mol. The summed E-state index contributed by atoms with van der Waals surface area (Å²) in [7, 11) is 0. The lowest BCUT2D eigenvalue weighted by molar-refractivity contribution is -0.121. The van der Waals surface area contributed by atoms with Gasteiger partial charge in [-0.25, -0.2) is 0 Å². The highest BCUT2D eigenvalue weighted by Crippen LogP contribution is 2.29. The number of thiocarbonyl (C=S) groups is 1. The summed E-state index contributed by atoms with van der Waals surface area (Å²) in [5.74, 6) is -0.298. The van der Waals surface area contributed by atoms with Crippen LogP contribution in [0.3, 0.4) is 0 Å². The highest BCUT2D eigenvalue weighted by Gasteiger charge is 2.34. The molecule has 0 saturated carbocycles. The molecule has 0 heterocycles. The number of alkyl halides is 3. The molecule has 30 heavy (non-hydrogen) atoms. The molecule has 0 aliphatic rings. The smallest absolute Gasteiger partial charge is 0.228 e. The summed E-state index contributed by atoms with van der Waals surface area (Å²) in [6.45, 7) is 1.97. The minimum atomic E-state index is -1.81. The van der Waals surface area contributed by atoms with Gasteiger partial charge < -0.3 is 16.0 Å². The summed E-state index contributed by atoms with van der Waals surface area (Å²) in [4.78, 5) is 12.7. The Bertz CT molecular complexity index is 1060. The van der Waals surface area contributed by atoms with E-state index < -0.39 is 9.96 Å². The van der Waals surface area contributed by atoms with Crippen molar-refractivity contribution >= 4 is 74.5 Å². The molecule has 0 bridgehead atoms. The molecule has 0 aromatic heterocycles. The van der Waals surface area contributed by atoms with E-state index in [-0.39, 0.29) is 17.4 Å². The summed E-state index contributed by atoms with van der Waals surface area (Å²) < 4.78 is -1.81. The molecule has 3 aromatic carbocycles. The Balaban J connectivity index is 1.68. The lowest BCUT2D eigenvalue weighted by atomic mass is 10.0. The molecule has 8 heteroatoms. The molecule has 3 N–H and O–H groups in total. The number of carbonyl (C=O) groups is 1. The predicted molar refractivity (Wildman–Crippen MR) is 130 cm³/mol. The molecule has 0 fully saturated rings. The lowest BCUT2D eigenvalue weighted by Crippen LogP contribution is -2.56. The molecule has 1 atom stereocenters. The van der Waals surface area contributed by atoms with E-state index in [2.05, 4.69) is 16.0 Å². The zero-order valence-corrected chi connectivity index (χ0v) is 19.2. The molecule has 4 nitrogen and oxygen atoms in total. The van der Waals surface area contributed by atoms with Crippen LogP contribution in [0.1, 0.15) is 11.1 Å². The maximum atomic E-state index is 12.7. The number of amides is 1. The first kappa shape index (κ1) is 22.6. The van der Waals surface area contributed by atoms with Crippen LogP contribution < -0.4 is 16.0 Å². The van der Waals surface area contributed by atoms with Gasteiger partial charge in [-0.05, 0) is 53.2 Å². The van der Waals surface area contributed by atoms with E-state index in [0.29, 0.717) is 0 Å². The van der Waals surface area contributed by atoms with Gasteiger partial charge in [0.25, 0.3) is 0 Å². The van der Waals surface area contributed by atoms with Gasteiger partial charge in [-0.3, -0.25) is 4.79 Å². The Labute approximate surface area is 195 Å².